The molecular weight excluding hydrogens is 304 g/mol. The maximum absolute atomic E-state index is 9.37. The van der Waals surface area contributed by atoms with Gasteiger partial charge in [0.1, 0.15) is 0 Å². The first-order chi connectivity index (χ1) is 12.3. The highest BCUT2D eigenvalue weighted by molar-refractivity contribution is 5.84. The summed E-state index contributed by atoms with van der Waals surface area (Å²) in [5, 5.41) is 10.5. The average Bonchev–Trinajstić information content (AvgIpc) is 2.67. The number of hydrogen-bond donors (Lipinski definition) is 0. The van der Waals surface area contributed by atoms with E-state index >= 15 is 0 Å². The zero-order valence-corrected chi connectivity index (χ0v) is 13.9. The number of aryl methyl sites for hydroxylation is 1. The average molecular weight is 320 g/mol. The van der Waals surface area contributed by atoms with Crippen LogP contribution in [0.25, 0.3) is 33.3 Å². The van der Waals surface area contributed by atoms with Gasteiger partial charge in [-0.3, -0.25) is 0 Å². The van der Waals surface area contributed by atoms with Crippen LogP contribution < -0.4 is 0 Å². The van der Waals surface area contributed by atoms with Crippen molar-refractivity contribution in [3.05, 3.63) is 90.0 Å². The van der Waals surface area contributed by atoms with Crippen LogP contribution in [0.3, 0.4) is 0 Å². The van der Waals surface area contributed by atoms with Crippen LogP contribution in [0.1, 0.15) is 11.1 Å². The number of nitriles is 1. The maximum Gasteiger partial charge on any atom is 0.0998 e. The lowest BCUT2D eigenvalue weighted by molar-refractivity contribution is 1.33. The van der Waals surface area contributed by atoms with Crippen LogP contribution in [-0.2, 0) is 0 Å². The van der Waals surface area contributed by atoms with Crippen LogP contribution in [-0.4, -0.2) is 4.98 Å². The first-order valence-corrected chi connectivity index (χ1v) is 8.22. The Balaban J connectivity index is 1.88. The van der Waals surface area contributed by atoms with Crippen LogP contribution in [0.15, 0.2) is 78.9 Å². The summed E-state index contributed by atoms with van der Waals surface area (Å²) in [5.41, 5.74) is 6.84. The van der Waals surface area contributed by atoms with Crippen molar-refractivity contribution < 1.29 is 0 Å². The van der Waals surface area contributed by atoms with E-state index in [-0.39, 0.29) is 0 Å². The van der Waals surface area contributed by atoms with Crippen LogP contribution in [0.4, 0.5) is 0 Å². The summed E-state index contributed by atoms with van der Waals surface area (Å²) in [4.78, 5) is 4.86. The molecule has 0 atom stereocenters. The maximum atomic E-state index is 9.37. The molecule has 0 saturated heterocycles. The summed E-state index contributed by atoms with van der Waals surface area (Å²) in [5.74, 6) is 0. The molecule has 25 heavy (non-hydrogen) atoms. The zero-order valence-electron chi connectivity index (χ0n) is 13.9. The first kappa shape index (κ1) is 15.1. The van der Waals surface area contributed by atoms with Crippen LogP contribution in [0.5, 0.6) is 0 Å². The third kappa shape index (κ3) is 2.77. The minimum absolute atomic E-state index is 0.683. The Hall–Kier alpha value is -3.44. The molecule has 1 aromatic heterocycles. The third-order valence-corrected chi connectivity index (χ3v) is 4.41. The molecule has 0 spiro atoms. The van der Waals surface area contributed by atoms with Crippen LogP contribution in [0.2, 0.25) is 0 Å². The predicted octanol–water partition coefficient (Wildman–Crippen LogP) is 5.75. The number of benzene rings is 3. The summed E-state index contributed by atoms with van der Waals surface area (Å²) >= 11 is 0. The summed E-state index contributed by atoms with van der Waals surface area (Å²) < 4.78 is 0. The van der Waals surface area contributed by atoms with Gasteiger partial charge in [0, 0.05) is 10.9 Å². The van der Waals surface area contributed by atoms with Gasteiger partial charge in [0.05, 0.1) is 22.8 Å². The molecule has 0 fully saturated rings. The van der Waals surface area contributed by atoms with Crippen molar-refractivity contribution in [1.82, 2.24) is 4.98 Å². The molecule has 0 bridgehead atoms. The van der Waals surface area contributed by atoms with Crippen molar-refractivity contribution in [2.75, 3.05) is 0 Å². The molecule has 0 unspecified atom stereocenters. The van der Waals surface area contributed by atoms with E-state index in [4.69, 9.17) is 4.98 Å². The number of hydrogen-bond acceptors (Lipinski definition) is 2. The van der Waals surface area contributed by atoms with Crippen molar-refractivity contribution >= 4 is 10.9 Å². The Morgan fingerprint density at radius 3 is 2.44 bits per heavy atom. The quantitative estimate of drug-likeness (QED) is 0.471. The molecule has 0 N–H and O–H groups in total. The highest BCUT2D eigenvalue weighted by Crippen LogP contribution is 2.30. The van der Waals surface area contributed by atoms with E-state index < -0.39 is 0 Å². The van der Waals surface area contributed by atoms with Gasteiger partial charge in [0.25, 0.3) is 0 Å². The topological polar surface area (TPSA) is 36.7 Å². The number of pyridine rings is 1. The molecule has 2 heteroatoms. The van der Waals surface area contributed by atoms with Gasteiger partial charge in [-0.1, -0.05) is 54.6 Å². The third-order valence-electron chi connectivity index (χ3n) is 4.41. The Morgan fingerprint density at radius 2 is 1.56 bits per heavy atom. The normalized spacial score (nSPS) is 10.6. The number of nitrogens with zero attached hydrogens (tertiary/aromatic N) is 2. The van der Waals surface area contributed by atoms with Crippen LogP contribution in [0, 0.1) is 18.3 Å². The van der Waals surface area contributed by atoms with E-state index in [1.807, 2.05) is 54.6 Å². The molecule has 1 heterocycles. The summed E-state index contributed by atoms with van der Waals surface area (Å²) in [6, 6.07) is 28.5. The standard InChI is InChI=1S/C23H16N2/c1-16-13-18-7-3-5-12-22(18)25-23(16)19-10-6-9-17(14-19)21-11-4-2-8-20(21)15-24/h2-14H,1H3. The molecule has 3 aromatic carbocycles. The van der Waals surface area contributed by atoms with Crippen molar-refractivity contribution in [3.8, 4) is 28.5 Å². The van der Waals surface area contributed by atoms with Gasteiger partial charge in [-0.05, 0) is 47.9 Å². The first-order valence-electron chi connectivity index (χ1n) is 8.22. The molecule has 0 radical (unpaired) electrons. The summed E-state index contributed by atoms with van der Waals surface area (Å²) in [7, 11) is 0. The smallest absolute Gasteiger partial charge is 0.0998 e. The van der Waals surface area contributed by atoms with Crippen molar-refractivity contribution in [1.29, 1.82) is 5.26 Å². The Morgan fingerprint density at radius 1 is 0.800 bits per heavy atom. The fourth-order valence-electron chi connectivity index (χ4n) is 3.18. The van der Waals surface area contributed by atoms with Crippen molar-refractivity contribution in [2.45, 2.75) is 6.92 Å². The Labute approximate surface area is 147 Å². The second kappa shape index (κ2) is 6.22. The van der Waals surface area contributed by atoms with E-state index in [1.54, 1.807) is 0 Å². The number of fused-ring (bicyclic) bond motifs is 1. The Kier molecular flexibility index (Phi) is 3.76. The van der Waals surface area contributed by atoms with Gasteiger partial charge in [0.2, 0.25) is 0 Å². The van der Waals surface area contributed by atoms with Gasteiger partial charge >= 0.3 is 0 Å². The molecule has 2 nitrogen and oxygen atoms in total. The minimum atomic E-state index is 0.683. The molecule has 4 rings (SSSR count). The molecular formula is C23H16N2. The van der Waals surface area contributed by atoms with Crippen molar-refractivity contribution in [3.63, 3.8) is 0 Å². The Bertz CT molecular complexity index is 1120. The second-order valence-corrected chi connectivity index (χ2v) is 6.08. The SMILES string of the molecule is Cc1cc2ccccc2nc1-c1cccc(-c2ccccc2C#N)c1. The fourth-order valence-corrected chi connectivity index (χ4v) is 3.18. The number of aromatic nitrogens is 1. The minimum Gasteiger partial charge on any atom is -0.248 e. The lowest BCUT2D eigenvalue weighted by Crippen LogP contribution is -1.91. The summed E-state index contributed by atoms with van der Waals surface area (Å²) in [6.45, 7) is 2.09. The lowest BCUT2D eigenvalue weighted by atomic mass is 9.96. The van der Waals surface area contributed by atoms with Crippen LogP contribution >= 0.6 is 0 Å². The van der Waals surface area contributed by atoms with Gasteiger partial charge in [0.15, 0.2) is 0 Å². The van der Waals surface area contributed by atoms with E-state index in [0.29, 0.717) is 5.56 Å². The predicted molar refractivity (Wildman–Crippen MR) is 102 cm³/mol. The second-order valence-electron chi connectivity index (χ2n) is 6.08. The van der Waals surface area contributed by atoms with E-state index in [1.165, 1.54) is 0 Å². The lowest BCUT2D eigenvalue weighted by Gasteiger charge is -2.10. The monoisotopic (exact) mass is 320 g/mol. The fraction of sp³-hybridized carbons (Fsp3) is 0.0435. The van der Waals surface area contributed by atoms with Gasteiger partial charge in [-0.15, -0.1) is 0 Å². The largest absolute Gasteiger partial charge is 0.248 e. The number of para-hydroxylation sites is 1. The van der Waals surface area contributed by atoms with Gasteiger partial charge in [-0.25, -0.2) is 4.98 Å². The zero-order chi connectivity index (χ0) is 17.2. The molecule has 0 aliphatic heterocycles. The van der Waals surface area contributed by atoms with Crippen molar-refractivity contribution in [2.24, 2.45) is 0 Å². The highest BCUT2D eigenvalue weighted by Gasteiger charge is 2.09. The molecule has 0 amide bonds. The molecule has 0 aliphatic rings. The molecule has 0 saturated carbocycles. The number of rotatable bonds is 2. The molecule has 4 aromatic rings. The van der Waals surface area contributed by atoms with Gasteiger partial charge < -0.3 is 0 Å². The highest BCUT2D eigenvalue weighted by atomic mass is 14.7. The van der Waals surface area contributed by atoms with E-state index in [2.05, 4.69) is 37.3 Å². The molecule has 118 valence electrons. The van der Waals surface area contributed by atoms with Gasteiger partial charge in [-0.2, -0.15) is 5.26 Å². The van der Waals surface area contributed by atoms with E-state index in [9.17, 15) is 5.26 Å². The van der Waals surface area contributed by atoms with E-state index in [0.717, 1.165) is 38.9 Å². The summed E-state index contributed by atoms with van der Waals surface area (Å²) in [6.07, 6.45) is 0. The molecule has 0 aliphatic carbocycles.